The van der Waals surface area contributed by atoms with Crippen molar-refractivity contribution in [3.63, 3.8) is 0 Å². The van der Waals surface area contributed by atoms with Crippen LogP contribution < -0.4 is 4.74 Å². The predicted molar refractivity (Wildman–Crippen MR) is 105 cm³/mol. The number of piperazine rings is 1. The molecule has 0 saturated carbocycles. The van der Waals surface area contributed by atoms with Crippen LogP contribution in [0.2, 0.25) is 0 Å². The first-order valence-electron chi connectivity index (χ1n) is 9.36. The highest BCUT2D eigenvalue weighted by Crippen LogP contribution is 2.27. The van der Waals surface area contributed by atoms with Crippen LogP contribution in [-0.4, -0.2) is 64.4 Å². The van der Waals surface area contributed by atoms with Crippen LogP contribution in [0.3, 0.4) is 0 Å². The number of aryl methyl sites for hydroxylation is 1. The molecule has 1 aliphatic rings. The Hall–Kier alpha value is -2.64. The summed E-state index contributed by atoms with van der Waals surface area (Å²) in [4.78, 5) is 41.7. The second-order valence-electron chi connectivity index (χ2n) is 7.17. The quantitative estimate of drug-likeness (QED) is 0.742. The van der Waals surface area contributed by atoms with Crippen LogP contribution in [0.5, 0.6) is 5.75 Å². The van der Waals surface area contributed by atoms with Gasteiger partial charge in [0, 0.05) is 23.9 Å². The van der Waals surface area contributed by atoms with Crippen molar-refractivity contribution >= 4 is 18.3 Å². The van der Waals surface area contributed by atoms with Gasteiger partial charge in [0.2, 0.25) is 11.8 Å². The lowest BCUT2D eigenvalue weighted by Gasteiger charge is -2.40. The zero-order valence-corrected chi connectivity index (χ0v) is 17.6. The number of ether oxygens (including phenoxy) is 1. The third-order valence-corrected chi connectivity index (χ3v) is 4.77. The minimum absolute atomic E-state index is 0.0205. The van der Waals surface area contributed by atoms with Crippen LogP contribution in [0.1, 0.15) is 44.0 Å². The van der Waals surface area contributed by atoms with Crippen LogP contribution in [0.4, 0.5) is 0 Å². The highest BCUT2D eigenvalue weighted by molar-refractivity contribution is 5.94. The highest BCUT2D eigenvalue weighted by Gasteiger charge is 2.39. The molecule has 0 unspecified atom stereocenters. The van der Waals surface area contributed by atoms with Crippen LogP contribution >= 0.6 is 0 Å². The summed E-state index contributed by atoms with van der Waals surface area (Å²) in [5.41, 5.74) is 2.66. The Morgan fingerprint density at radius 3 is 2.46 bits per heavy atom. The molecule has 1 N–H and O–H groups in total. The lowest BCUT2D eigenvalue weighted by molar-refractivity contribution is -0.157. The van der Waals surface area contributed by atoms with E-state index in [1.807, 2.05) is 20.8 Å². The van der Waals surface area contributed by atoms with E-state index in [-0.39, 0.29) is 24.8 Å². The minimum atomic E-state index is -0.422. The Labute approximate surface area is 166 Å². The maximum absolute atomic E-state index is 12.8. The van der Waals surface area contributed by atoms with Crippen molar-refractivity contribution in [1.29, 1.82) is 0 Å². The molecule has 1 saturated heterocycles. The molecular formula is C20H31N3O5. The van der Waals surface area contributed by atoms with E-state index >= 15 is 0 Å². The molecule has 0 aliphatic carbocycles. The average Bonchev–Trinajstić information content (AvgIpc) is 2.63. The number of amides is 2. The number of nitrogens with zero attached hydrogens (tertiary/aromatic N) is 3. The number of pyridine rings is 1. The van der Waals surface area contributed by atoms with Crippen LogP contribution in [0, 0.1) is 19.8 Å². The number of methoxy groups -OCH3 is 1. The van der Waals surface area contributed by atoms with Gasteiger partial charge in [0.05, 0.1) is 25.9 Å². The lowest BCUT2D eigenvalue weighted by Crippen LogP contribution is -2.59. The van der Waals surface area contributed by atoms with Gasteiger partial charge in [-0.1, -0.05) is 13.8 Å². The molecule has 0 aromatic carbocycles. The molecule has 0 bridgehead atoms. The molecule has 8 nitrogen and oxygen atoms in total. The summed E-state index contributed by atoms with van der Waals surface area (Å²) in [6.45, 7) is 10.7. The molecule has 28 heavy (non-hydrogen) atoms. The van der Waals surface area contributed by atoms with E-state index < -0.39 is 6.04 Å². The minimum Gasteiger partial charge on any atom is -0.496 e. The molecular weight excluding hydrogens is 362 g/mol. The third kappa shape index (κ3) is 5.43. The maximum Gasteiger partial charge on any atom is 0.290 e. The van der Waals surface area contributed by atoms with Crippen LogP contribution in [0.15, 0.2) is 6.20 Å². The number of rotatable bonds is 6. The molecule has 2 amide bonds. The Morgan fingerprint density at radius 1 is 1.36 bits per heavy atom. The number of aromatic nitrogens is 1. The van der Waals surface area contributed by atoms with E-state index in [0.29, 0.717) is 25.4 Å². The molecule has 1 fully saturated rings. The molecule has 156 valence electrons. The van der Waals surface area contributed by atoms with E-state index in [1.54, 1.807) is 23.1 Å². The van der Waals surface area contributed by atoms with Gasteiger partial charge < -0.3 is 19.6 Å². The zero-order chi connectivity index (χ0) is 21.4. The monoisotopic (exact) mass is 393 g/mol. The number of carbonyl (C=O) groups excluding carboxylic acids is 2. The number of carboxylic acid groups (broad SMARTS) is 1. The van der Waals surface area contributed by atoms with Crippen molar-refractivity contribution in [3.05, 3.63) is 23.0 Å². The fraction of sp³-hybridized carbons (Fsp3) is 0.600. The molecule has 2 heterocycles. The van der Waals surface area contributed by atoms with Gasteiger partial charge in [-0.05, 0) is 33.1 Å². The van der Waals surface area contributed by atoms with Crippen molar-refractivity contribution < 1.29 is 24.2 Å². The summed E-state index contributed by atoms with van der Waals surface area (Å²) >= 11 is 0. The first-order chi connectivity index (χ1) is 13.2. The van der Waals surface area contributed by atoms with E-state index in [9.17, 15) is 9.59 Å². The standard InChI is InChI=1S/C19H29N3O3.CH2O2/c1-7-21-11-17(23)22(16(19(21)24)8-12(2)3)10-15-14(5)18(25-6)13(4)9-20-15;2-1-3/h9,12,16H,7-8,10-11H2,1-6H3;1H,(H,2,3)/t16-;/m0./s1. The Morgan fingerprint density at radius 2 is 1.96 bits per heavy atom. The fourth-order valence-electron chi connectivity index (χ4n) is 3.38. The van der Waals surface area contributed by atoms with E-state index in [1.165, 1.54) is 0 Å². The van der Waals surface area contributed by atoms with Gasteiger partial charge >= 0.3 is 0 Å². The summed E-state index contributed by atoms with van der Waals surface area (Å²) in [5.74, 6) is 1.12. The molecule has 1 aliphatic heterocycles. The van der Waals surface area contributed by atoms with Gasteiger partial charge in [-0.25, -0.2) is 0 Å². The first kappa shape index (κ1) is 23.4. The summed E-state index contributed by atoms with van der Waals surface area (Å²) in [5, 5.41) is 6.89. The highest BCUT2D eigenvalue weighted by atomic mass is 16.5. The summed E-state index contributed by atoms with van der Waals surface area (Å²) in [6, 6.07) is -0.422. The van der Waals surface area contributed by atoms with Gasteiger partial charge in [-0.15, -0.1) is 0 Å². The van der Waals surface area contributed by atoms with Gasteiger partial charge in [-0.3, -0.25) is 19.4 Å². The smallest absolute Gasteiger partial charge is 0.290 e. The van der Waals surface area contributed by atoms with Crippen molar-refractivity contribution in [3.8, 4) is 5.75 Å². The van der Waals surface area contributed by atoms with Crippen molar-refractivity contribution in [1.82, 2.24) is 14.8 Å². The Bertz CT molecular complexity index is 705. The normalized spacial score (nSPS) is 16.8. The lowest BCUT2D eigenvalue weighted by atomic mass is 9.98. The number of carbonyl (C=O) groups is 3. The van der Waals surface area contributed by atoms with Gasteiger partial charge in [0.15, 0.2) is 0 Å². The topological polar surface area (TPSA) is 100 Å². The van der Waals surface area contributed by atoms with Crippen molar-refractivity contribution in [2.45, 2.75) is 53.6 Å². The predicted octanol–water partition coefficient (Wildman–Crippen LogP) is 2.01. The summed E-state index contributed by atoms with van der Waals surface area (Å²) in [6.07, 6.45) is 2.41. The second kappa shape index (κ2) is 10.6. The largest absolute Gasteiger partial charge is 0.496 e. The summed E-state index contributed by atoms with van der Waals surface area (Å²) < 4.78 is 5.46. The van der Waals surface area contributed by atoms with Gasteiger partial charge in [0.1, 0.15) is 11.8 Å². The average molecular weight is 393 g/mol. The van der Waals surface area contributed by atoms with E-state index in [2.05, 4.69) is 18.8 Å². The Balaban J connectivity index is 0.00000122. The molecule has 1 atom stereocenters. The van der Waals surface area contributed by atoms with Crippen LogP contribution in [0.25, 0.3) is 0 Å². The SMILES string of the molecule is CCN1CC(=O)N(Cc2ncc(C)c(OC)c2C)[C@@H](CC(C)C)C1=O.O=CO. The van der Waals surface area contributed by atoms with Gasteiger partial charge in [-0.2, -0.15) is 0 Å². The molecule has 8 heteroatoms. The molecule has 0 radical (unpaired) electrons. The third-order valence-electron chi connectivity index (χ3n) is 4.77. The molecule has 1 aromatic rings. The molecule has 0 spiro atoms. The van der Waals surface area contributed by atoms with E-state index in [4.69, 9.17) is 14.6 Å². The van der Waals surface area contributed by atoms with Crippen molar-refractivity contribution in [2.24, 2.45) is 5.92 Å². The number of likely N-dealkylation sites (N-methyl/N-ethyl adjacent to an activating group) is 1. The Kier molecular flexibility index (Phi) is 8.88. The maximum atomic E-state index is 12.8. The number of hydrogen-bond acceptors (Lipinski definition) is 5. The van der Waals surface area contributed by atoms with Gasteiger partial charge in [0.25, 0.3) is 6.47 Å². The zero-order valence-electron chi connectivity index (χ0n) is 17.6. The second-order valence-corrected chi connectivity index (χ2v) is 7.17. The number of hydrogen-bond donors (Lipinski definition) is 1. The van der Waals surface area contributed by atoms with Crippen molar-refractivity contribution in [2.75, 3.05) is 20.2 Å². The first-order valence-corrected chi connectivity index (χ1v) is 9.36. The van der Waals surface area contributed by atoms with E-state index in [0.717, 1.165) is 22.6 Å². The molecule has 2 rings (SSSR count). The summed E-state index contributed by atoms with van der Waals surface area (Å²) in [7, 11) is 1.63. The van der Waals surface area contributed by atoms with Crippen LogP contribution in [-0.2, 0) is 20.9 Å². The fourth-order valence-corrected chi connectivity index (χ4v) is 3.38. The molecule has 1 aromatic heterocycles.